The largest absolute Gasteiger partial charge is 0.507 e. The smallest absolute Gasteiger partial charge is 0.231 e. The van der Waals surface area contributed by atoms with Crippen molar-refractivity contribution in [3.63, 3.8) is 0 Å². The van der Waals surface area contributed by atoms with E-state index in [0.29, 0.717) is 43.5 Å². The van der Waals surface area contributed by atoms with E-state index in [9.17, 15) is 5.11 Å². The molecule has 0 spiro atoms. The van der Waals surface area contributed by atoms with E-state index in [1.165, 1.54) is 0 Å². The number of ether oxygens (including phenoxy) is 5. The van der Waals surface area contributed by atoms with E-state index in [2.05, 4.69) is 5.32 Å². The number of benzene rings is 4. The first-order valence-corrected chi connectivity index (χ1v) is 13.6. The van der Waals surface area contributed by atoms with Gasteiger partial charge in [0.1, 0.15) is 18.0 Å². The second-order valence-corrected chi connectivity index (χ2v) is 10.0. The van der Waals surface area contributed by atoms with Gasteiger partial charge < -0.3 is 34.1 Å². The minimum atomic E-state index is -0.416. The molecule has 1 saturated heterocycles. The summed E-state index contributed by atoms with van der Waals surface area (Å²) in [5.74, 6) is 1.24. The van der Waals surface area contributed by atoms with Crippen molar-refractivity contribution in [2.75, 3.05) is 13.4 Å². The Kier molecular flexibility index (Phi) is 8.25. The average molecular weight is 540 g/mol. The van der Waals surface area contributed by atoms with E-state index in [1.807, 2.05) is 97.1 Å². The highest BCUT2D eigenvalue weighted by molar-refractivity contribution is 5.53. The van der Waals surface area contributed by atoms with Crippen molar-refractivity contribution in [1.82, 2.24) is 5.32 Å². The zero-order valence-corrected chi connectivity index (χ0v) is 22.1. The van der Waals surface area contributed by atoms with Crippen molar-refractivity contribution in [1.29, 1.82) is 0 Å². The van der Waals surface area contributed by atoms with Gasteiger partial charge in [-0.05, 0) is 22.8 Å². The van der Waals surface area contributed by atoms with Crippen LogP contribution in [0.2, 0.25) is 0 Å². The third-order valence-corrected chi connectivity index (χ3v) is 7.28. The van der Waals surface area contributed by atoms with Crippen molar-refractivity contribution < 1.29 is 28.8 Å². The lowest BCUT2D eigenvalue weighted by molar-refractivity contribution is -0.0862. The van der Waals surface area contributed by atoms with Crippen LogP contribution in [0.4, 0.5) is 0 Å². The molecule has 2 aliphatic heterocycles. The Morgan fingerprint density at radius 2 is 1.20 bits per heavy atom. The number of hydrogen-bond acceptors (Lipinski definition) is 7. The quantitative estimate of drug-likeness (QED) is 0.260. The molecule has 0 saturated carbocycles. The third-order valence-electron chi connectivity index (χ3n) is 7.28. The molecule has 40 heavy (non-hydrogen) atoms. The molecule has 0 radical (unpaired) electrons. The van der Waals surface area contributed by atoms with Crippen molar-refractivity contribution in [3.8, 4) is 17.2 Å². The fourth-order valence-electron chi connectivity index (χ4n) is 5.26. The highest BCUT2D eigenvalue weighted by Crippen LogP contribution is 2.43. The van der Waals surface area contributed by atoms with Crippen molar-refractivity contribution in [2.24, 2.45) is 0 Å². The Bertz CT molecular complexity index is 1370. The molecule has 0 amide bonds. The number of nitrogens with one attached hydrogen (secondary N) is 1. The number of hydrogen-bond donors (Lipinski definition) is 2. The molecule has 0 bridgehead atoms. The lowest BCUT2D eigenvalue weighted by Crippen LogP contribution is -2.39. The normalized spacial score (nSPS) is 21.5. The summed E-state index contributed by atoms with van der Waals surface area (Å²) in [6, 6.07) is 33.1. The van der Waals surface area contributed by atoms with Crippen LogP contribution >= 0.6 is 0 Å². The Morgan fingerprint density at radius 1 is 0.675 bits per heavy atom. The van der Waals surface area contributed by atoms with Gasteiger partial charge in [0.15, 0.2) is 11.5 Å². The Hall–Kier alpha value is -3.88. The van der Waals surface area contributed by atoms with E-state index in [1.54, 1.807) is 6.07 Å². The lowest BCUT2D eigenvalue weighted by Gasteiger charge is -2.27. The predicted molar refractivity (Wildman–Crippen MR) is 150 cm³/mol. The van der Waals surface area contributed by atoms with E-state index < -0.39 is 6.10 Å². The van der Waals surface area contributed by atoms with Gasteiger partial charge in [-0.25, -0.2) is 0 Å². The monoisotopic (exact) mass is 539 g/mol. The highest BCUT2D eigenvalue weighted by Gasteiger charge is 2.46. The van der Waals surface area contributed by atoms with Gasteiger partial charge in [-0.15, -0.1) is 0 Å². The van der Waals surface area contributed by atoms with Crippen LogP contribution in [0.25, 0.3) is 0 Å². The summed E-state index contributed by atoms with van der Waals surface area (Å²) in [6.07, 6.45) is -0.768. The Morgan fingerprint density at radius 3 is 1.80 bits per heavy atom. The zero-order chi connectivity index (χ0) is 27.1. The van der Waals surface area contributed by atoms with Crippen LogP contribution in [0, 0.1) is 0 Å². The number of rotatable bonds is 11. The van der Waals surface area contributed by atoms with Gasteiger partial charge >= 0.3 is 0 Å². The minimum absolute atomic E-state index is 0.114. The number of fused-ring (bicyclic) bond motifs is 1. The maximum absolute atomic E-state index is 11.0. The molecule has 1 fully saturated rings. The van der Waals surface area contributed by atoms with Gasteiger partial charge in [0.2, 0.25) is 6.79 Å². The molecular formula is C33H33NO6. The topological polar surface area (TPSA) is 78.4 Å². The van der Waals surface area contributed by atoms with Gasteiger partial charge in [0, 0.05) is 11.6 Å². The second-order valence-electron chi connectivity index (χ2n) is 10.0. The van der Waals surface area contributed by atoms with Crippen LogP contribution in [-0.4, -0.2) is 36.8 Å². The van der Waals surface area contributed by atoms with E-state index in [0.717, 1.165) is 16.7 Å². The maximum atomic E-state index is 11.0. The van der Waals surface area contributed by atoms with Crippen LogP contribution < -0.4 is 14.8 Å². The van der Waals surface area contributed by atoms with E-state index >= 15 is 0 Å². The molecule has 4 aromatic rings. The van der Waals surface area contributed by atoms with Gasteiger partial charge in [-0.3, -0.25) is 0 Å². The standard InChI is InChI=1S/C33H33NO6/c35-28-17-30-29(39-22-40-30)16-26(28)31-33(38-20-25-14-8-3-9-15-25)32(37-19-24-12-6-2-7-13-24)27(34-31)21-36-18-23-10-4-1-5-11-23/h1-17,27,31-35H,18-22H2/t27-,31-,32+,33-/m0/s1. The van der Waals surface area contributed by atoms with Crippen molar-refractivity contribution >= 4 is 0 Å². The molecule has 2 heterocycles. The molecule has 0 aliphatic carbocycles. The Balaban J connectivity index is 1.28. The van der Waals surface area contributed by atoms with Crippen LogP contribution in [0.15, 0.2) is 103 Å². The van der Waals surface area contributed by atoms with Crippen LogP contribution in [0.3, 0.4) is 0 Å². The van der Waals surface area contributed by atoms with Crippen molar-refractivity contribution in [2.45, 2.75) is 44.1 Å². The van der Waals surface area contributed by atoms with Crippen LogP contribution in [-0.2, 0) is 34.0 Å². The Labute approximate surface area is 234 Å². The summed E-state index contributed by atoms with van der Waals surface area (Å²) in [4.78, 5) is 0. The fourth-order valence-corrected chi connectivity index (χ4v) is 5.26. The molecule has 0 aromatic heterocycles. The third kappa shape index (κ3) is 6.13. The van der Waals surface area contributed by atoms with Gasteiger partial charge in [0.05, 0.1) is 38.5 Å². The summed E-state index contributed by atoms with van der Waals surface area (Å²) in [5, 5.41) is 14.7. The first-order chi connectivity index (χ1) is 19.7. The first-order valence-electron chi connectivity index (χ1n) is 13.6. The van der Waals surface area contributed by atoms with E-state index in [4.69, 9.17) is 23.7 Å². The molecule has 0 unspecified atom stereocenters. The van der Waals surface area contributed by atoms with Gasteiger partial charge in [-0.2, -0.15) is 0 Å². The first kappa shape index (κ1) is 26.3. The summed E-state index contributed by atoms with van der Waals surface area (Å²) in [5.41, 5.74) is 3.90. The molecule has 206 valence electrons. The SMILES string of the molecule is Oc1cc2c(cc1[C@@H]1N[C@@H](COCc3ccccc3)[C@@H](OCc3ccccc3)[C@H]1OCc1ccccc1)OCO2. The fraction of sp³-hybridized carbons (Fsp3) is 0.273. The molecule has 6 rings (SSSR count). The minimum Gasteiger partial charge on any atom is -0.507 e. The predicted octanol–water partition coefficient (Wildman–Crippen LogP) is 5.52. The molecule has 7 heteroatoms. The molecule has 2 aliphatic rings. The van der Waals surface area contributed by atoms with Crippen LogP contribution in [0.1, 0.15) is 28.3 Å². The molecular weight excluding hydrogens is 506 g/mol. The zero-order valence-electron chi connectivity index (χ0n) is 22.1. The number of aromatic hydroxyl groups is 1. The number of phenols is 1. The lowest BCUT2D eigenvalue weighted by atomic mass is 9.99. The number of phenolic OH excluding ortho intramolecular Hbond substituents is 1. The summed E-state index contributed by atoms with van der Waals surface area (Å²) in [6.45, 7) is 1.84. The summed E-state index contributed by atoms with van der Waals surface area (Å²) in [7, 11) is 0. The van der Waals surface area contributed by atoms with Crippen LogP contribution in [0.5, 0.6) is 17.2 Å². The molecule has 7 nitrogen and oxygen atoms in total. The van der Waals surface area contributed by atoms with Gasteiger partial charge in [-0.1, -0.05) is 91.0 Å². The maximum Gasteiger partial charge on any atom is 0.231 e. The molecule has 4 aromatic carbocycles. The van der Waals surface area contributed by atoms with Gasteiger partial charge in [0.25, 0.3) is 0 Å². The van der Waals surface area contributed by atoms with E-state index in [-0.39, 0.29) is 30.7 Å². The average Bonchev–Trinajstić information content (AvgIpc) is 3.59. The highest BCUT2D eigenvalue weighted by atomic mass is 16.7. The molecule has 4 atom stereocenters. The molecule has 2 N–H and O–H groups in total. The summed E-state index contributed by atoms with van der Waals surface area (Å²) >= 11 is 0. The summed E-state index contributed by atoms with van der Waals surface area (Å²) < 4.78 is 30.5. The van der Waals surface area contributed by atoms with Crippen molar-refractivity contribution in [3.05, 3.63) is 125 Å². The second kappa shape index (κ2) is 12.5.